The van der Waals surface area contributed by atoms with E-state index in [0.717, 1.165) is 12.8 Å². The topological polar surface area (TPSA) is 63.3 Å². The van der Waals surface area contributed by atoms with Crippen molar-refractivity contribution < 1.29 is 9.90 Å². The largest absolute Gasteiger partial charge is 0.392 e. The fourth-order valence-electron chi connectivity index (χ4n) is 1.12. The summed E-state index contributed by atoms with van der Waals surface area (Å²) in [5.74, 6) is -0.186. The van der Waals surface area contributed by atoms with Crippen LogP contribution in [-0.4, -0.2) is 24.0 Å². The first-order chi connectivity index (χ1) is 6.96. The molecule has 0 saturated carbocycles. The van der Waals surface area contributed by atoms with Crippen LogP contribution in [0.4, 0.5) is 0 Å². The Balaban J connectivity index is 4.25. The van der Waals surface area contributed by atoms with Crippen LogP contribution in [0.3, 0.4) is 0 Å². The average Bonchev–Trinajstić information content (AvgIpc) is 2.23. The maximum atomic E-state index is 11.2. The standard InChI is InChI=1S/C12H21NO2/c1-4-12(2,3)7-5-6-10(9-14)11(15)8-13/h4,6,14H,1,5,7-9,13H2,2-3H3/b10-6+. The maximum Gasteiger partial charge on any atom is 0.174 e. The van der Waals surface area contributed by atoms with Crippen LogP contribution in [0.1, 0.15) is 26.7 Å². The molecule has 15 heavy (non-hydrogen) atoms. The molecule has 0 aromatic rings. The molecule has 3 heteroatoms. The predicted molar refractivity (Wildman–Crippen MR) is 62.4 cm³/mol. The summed E-state index contributed by atoms with van der Waals surface area (Å²) in [6.45, 7) is 7.63. The predicted octanol–water partition coefficient (Wildman–Crippen LogP) is 1.43. The Morgan fingerprint density at radius 1 is 1.53 bits per heavy atom. The molecule has 0 fully saturated rings. The van der Waals surface area contributed by atoms with E-state index in [1.165, 1.54) is 0 Å². The Morgan fingerprint density at radius 2 is 2.13 bits per heavy atom. The lowest BCUT2D eigenvalue weighted by Crippen LogP contribution is -2.18. The van der Waals surface area contributed by atoms with Crippen LogP contribution in [0.25, 0.3) is 0 Å². The van der Waals surface area contributed by atoms with Gasteiger partial charge in [0.15, 0.2) is 5.78 Å². The summed E-state index contributed by atoms with van der Waals surface area (Å²) < 4.78 is 0. The van der Waals surface area contributed by atoms with Crippen molar-refractivity contribution in [2.24, 2.45) is 11.1 Å². The van der Waals surface area contributed by atoms with Gasteiger partial charge in [0.25, 0.3) is 0 Å². The number of aliphatic hydroxyl groups is 1. The molecule has 3 nitrogen and oxygen atoms in total. The minimum atomic E-state index is -0.232. The number of ketones is 1. The summed E-state index contributed by atoms with van der Waals surface area (Å²) in [5, 5.41) is 8.95. The van der Waals surface area contributed by atoms with E-state index in [4.69, 9.17) is 10.8 Å². The summed E-state index contributed by atoms with van der Waals surface area (Å²) in [5.41, 5.74) is 5.69. The van der Waals surface area contributed by atoms with Gasteiger partial charge in [0, 0.05) is 5.57 Å². The van der Waals surface area contributed by atoms with Crippen molar-refractivity contribution in [3.05, 3.63) is 24.3 Å². The van der Waals surface area contributed by atoms with Gasteiger partial charge in [-0.25, -0.2) is 0 Å². The van der Waals surface area contributed by atoms with E-state index < -0.39 is 0 Å². The van der Waals surface area contributed by atoms with Crippen LogP contribution >= 0.6 is 0 Å². The van der Waals surface area contributed by atoms with Crippen molar-refractivity contribution in [3.63, 3.8) is 0 Å². The molecule has 0 aliphatic carbocycles. The average molecular weight is 211 g/mol. The molecule has 0 unspecified atom stereocenters. The Labute approximate surface area is 91.7 Å². The molecule has 0 aromatic carbocycles. The molecule has 0 amide bonds. The van der Waals surface area contributed by atoms with Gasteiger partial charge in [-0.3, -0.25) is 4.79 Å². The van der Waals surface area contributed by atoms with Crippen molar-refractivity contribution >= 4 is 5.78 Å². The molecule has 0 aliphatic heterocycles. The lowest BCUT2D eigenvalue weighted by molar-refractivity contribution is -0.114. The van der Waals surface area contributed by atoms with Crippen molar-refractivity contribution in [1.82, 2.24) is 0 Å². The number of carbonyl (C=O) groups excluding carboxylic acids is 1. The zero-order valence-corrected chi connectivity index (χ0v) is 9.62. The highest BCUT2D eigenvalue weighted by atomic mass is 16.3. The summed E-state index contributed by atoms with van der Waals surface area (Å²) >= 11 is 0. The number of carbonyl (C=O) groups is 1. The molecule has 0 bridgehead atoms. The molecule has 0 aromatic heterocycles. The highest BCUT2D eigenvalue weighted by Crippen LogP contribution is 2.23. The van der Waals surface area contributed by atoms with E-state index in [1.54, 1.807) is 6.08 Å². The first-order valence-electron chi connectivity index (χ1n) is 5.13. The van der Waals surface area contributed by atoms with Gasteiger partial charge >= 0.3 is 0 Å². The number of hydrogen-bond donors (Lipinski definition) is 2. The summed E-state index contributed by atoms with van der Waals surface area (Å²) in [4.78, 5) is 11.2. The minimum Gasteiger partial charge on any atom is -0.392 e. The van der Waals surface area contributed by atoms with E-state index in [0.29, 0.717) is 5.57 Å². The zero-order chi connectivity index (χ0) is 11.9. The fourth-order valence-corrected chi connectivity index (χ4v) is 1.12. The van der Waals surface area contributed by atoms with Gasteiger partial charge in [-0.2, -0.15) is 0 Å². The van der Waals surface area contributed by atoms with E-state index in [-0.39, 0.29) is 24.3 Å². The quantitative estimate of drug-likeness (QED) is 0.494. The molecule has 3 N–H and O–H groups in total. The summed E-state index contributed by atoms with van der Waals surface area (Å²) in [7, 11) is 0. The third kappa shape index (κ3) is 5.50. The normalized spacial score (nSPS) is 12.7. The summed E-state index contributed by atoms with van der Waals surface area (Å²) in [6, 6.07) is 0. The molecule has 0 atom stereocenters. The highest BCUT2D eigenvalue weighted by Gasteiger charge is 2.12. The van der Waals surface area contributed by atoms with Crippen LogP contribution in [-0.2, 0) is 4.79 Å². The van der Waals surface area contributed by atoms with Crippen molar-refractivity contribution in [1.29, 1.82) is 0 Å². The van der Waals surface area contributed by atoms with Crippen LogP contribution in [0.2, 0.25) is 0 Å². The highest BCUT2D eigenvalue weighted by molar-refractivity contribution is 5.96. The van der Waals surface area contributed by atoms with E-state index >= 15 is 0 Å². The lowest BCUT2D eigenvalue weighted by atomic mass is 9.88. The molecule has 0 aliphatic rings. The Hall–Kier alpha value is -0.930. The van der Waals surface area contributed by atoms with E-state index in [9.17, 15) is 4.79 Å². The van der Waals surface area contributed by atoms with Gasteiger partial charge in [-0.15, -0.1) is 6.58 Å². The molecular formula is C12H21NO2. The van der Waals surface area contributed by atoms with Crippen LogP contribution in [0.5, 0.6) is 0 Å². The maximum absolute atomic E-state index is 11.2. The number of Topliss-reactive ketones (excluding diaryl/α,β-unsaturated/α-hetero) is 1. The Bertz CT molecular complexity index is 254. The van der Waals surface area contributed by atoms with Gasteiger partial charge in [0.1, 0.15) is 0 Å². The van der Waals surface area contributed by atoms with Gasteiger partial charge in [0.05, 0.1) is 13.2 Å². The minimum absolute atomic E-state index is 0.0444. The van der Waals surface area contributed by atoms with Crippen LogP contribution in [0, 0.1) is 5.41 Å². The fraction of sp³-hybridized carbons (Fsp3) is 0.583. The van der Waals surface area contributed by atoms with Crippen molar-refractivity contribution in [3.8, 4) is 0 Å². The molecular weight excluding hydrogens is 190 g/mol. The number of nitrogens with two attached hydrogens (primary N) is 1. The number of aliphatic hydroxyl groups excluding tert-OH is 1. The first-order valence-corrected chi connectivity index (χ1v) is 5.13. The lowest BCUT2D eigenvalue weighted by Gasteiger charge is -2.18. The third-order valence-corrected chi connectivity index (χ3v) is 2.45. The molecule has 0 spiro atoms. The second-order valence-electron chi connectivity index (χ2n) is 4.25. The van der Waals surface area contributed by atoms with Gasteiger partial charge in [0.2, 0.25) is 0 Å². The monoisotopic (exact) mass is 211 g/mol. The SMILES string of the molecule is C=CC(C)(C)CC/C=C(\CO)C(=O)CN. The first kappa shape index (κ1) is 14.1. The Morgan fingerprint density at radius 3 is 2.53 bits per heavy atom. The van der Waals surface area contributed by atoms with Crippen molar-refractivity contribution in [2.75, 3.05) is 13.2 Å². The third-order valence-electron chi connectivity index (χ3n) is 2.45. The molecule has 0 radical (unpaired) electrons. The van der Waals surface area contributed by atoms with E-state index in [1.807, 2.05) is 6.08 Å². The summed E-state index contributed by atoms with van der Waals surface area (Å²) in [6.07, 6.45) is 5.31. The molecule has 86 valence electrons. The molecule has 0 rings (SSSR count). The van der Waals surface area contributed by atoms with Crippen LogP contribution < -0.4 is 5.73 Å². The number of allylic oxidation sites excluding steroid dienone is 2. The van der Waals surface area contributed by atoms with Gasteiger partial charge < -0.3 is 10.8 Å². The molecule has 0 saturated heterocycles. The van der Waals surface area contributed by atoms with Crippen LogP contribution in [0.15, 0.2) is 24.3 Å². The van der Waals surface area contributed by atoms with Crippen molar-refractivity contribution in [2.45, 2.75) is 26.7 Å². The van der Waals surface area contributed by atoms with E-state index in [2.05, 4.69) is 20.4 Å². The smallest absolute Gasteiger partial charge is 0.174 e. The zero-order valence-electron chi connectivity index (χ0n) is 9.62. The second kappa shape index (κ2) is 6.53. The Kier molecular flexibility index (Phi) is 6.13. The van der Waals surface area contributed by atoms with Gasteiger partial charge in [-0.1, -0.05) is 26.0 Å². The number of hydrogen-bond acceptors (Lipinski definition) is 3. The molecule has 0 heterocycles. The van der Waals surface area contributed by atoms with Gasteiger partial charge in [-0.05, 0) is 18.3 Å². The number of rotatable bonds is 7. The second-order valence-corrected chi connectivity index (χ2v) is 4.25.